The van der Waals surface area contributed by atoms with Crippen LogP contribution >= 0.6 is 0 Å². The first-order chi connectivity index (χ1) is 11.3. The highest BCUT2D eigenvalue weighted by Crippen LogP contribution is 2.16. The van der Waals surface area contributed by atoms with Gasteiger partial charge in [0.1, 0.15) is 12.4 Å². The Labute approximate surface area is 135 Å². The summed E-state index contributed by atoms with van der Waals surface area (Å²) in [6.07, 6.45) is 0. The van der Waals surface area contributed by atoms with Crippen LogP contribution in [0.3, 0.4) is 0 Å². The monoisotopic (exact) mass is 309 g/mol. The van der Waals surface area contributed by atoms with Gasteiger partial charge in [-0.3, -0.25) is 0 Å². The Balaban J connectivity index is 1.48. The molecule has 5 heteroatoms. The van der Waals surface area contributed by atoms with Crippen LogP contribution in [-0.4, -0.2) is 22.8 Å². The Kier molecular flexibility index (Phi) is 5.01. The molecule has 0 fully saturated rings. The molecule has 1 N–H and O–H groups in total. The van der Waals surface area contributed by atoms with Crippen molar-refractivity contribution in [3.05, 3.63) is 66.6 Å². The zero-order valence-electron chi connectivity index (χ0n) is 13.0. The third kappa shape index (κ3) is 4.40. The lowest BCUT2D eigenvalue weighted by atomic mass is 10.2. The van der Waals surface area contributed by atoms with Gasteiger partial charge in [-0.15, -0.1) is 10.2 Å². The normalized spacial score (nSPS) is 12.0. The Morgan fingerprint density at radius 3 is 2.43 bits per heavy atom. The molecule has 0 saturated carbocycles. The van der Waals surface area contributed by atoms with Gasteiger partial charge in [-0.25, -0.2) is 0 Å². The fourth-order valence-corrected chi connectivity index (χ4v) is 2.08. The zero-order chi connectivity index (χ0) is 15.9. The van der Waals surface area contributed by atoms with E-state index in [0.717, 1.165) is 11.3 Å². The van der Waals surface area contributed by atoms with E-state index in [1.807, 2.05) is 60.7 Å². The van der Waals surface area contributed by atoms with Crippen molar-refractivity contribution in [1.82, 2.24) is 15.5 Å². The van der Waals surface area contributed by atoms with E-state index >= 15 is 0 Å². The third-order valence-corrected chi connectivity index (χ3v) is 3.33. The van der Waals surface area contributed by atoms with Gasteiger partial charge in [-0.2, -0.15) is 0 Å². The number of benzene rings is 2. The van der Waals surface area contributed by atoms with Crippen molar-refractivity contribution >= 4 is 0 Å². The molecule has 5 nitrogen and oxygen atoms in total. The summed E-state index contributed by atoms with van der Waals surface area (Å²) in [4.78, 5) is 0. The van der Waals surface area contributed by atoms with Crippen LogP contribution in [0.25, 0.3) is 11.5 Å². The predicted octanol–water partition coefficient (Wildman–Crippen LogP) is 3.29. The van der Waals surface area contributed by atoms with E-state index in [4.69, 9.17) is 9.15 Å². The largest absolute Gasteiger partial charge is 0.492 e. The lowest BCUT2D eigenvalue weighted by Gasteiger charge is -2.13. The van der Waals surface area contributed by atoms with E-state index in [9.17, 15) is 0 Å². The summed E-state index contributed by atoms with van der Waals surface area (Å²) in [6.45, 7) is 3.14. The van der Waals surface area contributed by atoms with Gasteiger partial charge in [-0.1, -0.05) is 36.4 Å². The fraction of sp³-hybridized carbons (Fsp3) is 0.222. The maximum atomic E-state index is 5.70. The van der Waals surface area contributed by atoms with E-state index in [-0.39, 0.29) is 6.04 Å². The maximum Gasteiger partial charge on any atom is 0.247 e. The lowest BCUT2D eigenvalue weighted by molar-refractivity contribution is 0.268. The third-order valence-electron chi connectivity index (χ3n) is 3.33. The summed E-state index contributed by atoms with van der Waals surface area (Å²) >= 11 is 0. The van der Waals surface area contributed by atoms with Gasteiger partial charge in [0, 0.05) is 11.6 Å². The molecular formula is C18H19N3O2. The molecule has 2 aromatic carbocycles. The minimum absolute atomic E-state index is 0.169. The first-order valence-electron chi connectivity index (χ1n) is 7.60. The molecule has 0 bridgehead atoms. The molecule has 0 unspecified atom stereocenters. The van der Waals surface area contributed by atoms with Crippen molar-refractivity contribution in [3.8, 4) is 17.2 Å². The Hall–Kier alpha value is -2.66. The van der Waals surface area contributed by atoms with Crippen LogP contribution in [0.1, 0.15) is 12.8 Å². The summed E-state index contributed by atoms with van der Waals surface area (Å²) in [7, 11) is 0. The molecule has 0 saturated heterocycles. The molecular weight excluding hydrogens is 290 g/mol. The fourth-order valence-electron chi connectivity index (χ4n) is 2.08. The Bertz CT molecular complexity index is 713. The number of nitrogens with one attached hydrogen (secondary N) is 1. The first-order valence-corrected chi connectivity index (χ1v) is 7.60. The van der Waals surface area contributed by atoms with E-state index in [1.165, 1.54) is 0 Å². The number of aromatic nitrogens is 2. The van der Waals surface area contributed by atoms with Gasteiger partial charge in [0.05, 0.1) is 6.54 Å². The molecule has 0 aliphatic carbocycles. The minimum Gasteiger partial charge on any atom is -0.492 e. The van der Waals surface area contributed by atoms with Crippen LogP contribution in [-0.2, 0) is 6.54 Å². The molecule has 118 valence electrons. The van der Waals surface area contributed by atoms with Crippen LogP contribution in [0.15, 0.2) is 65.1 Å². The smallest absolute Gasteiger partial charge is 0.247 e. The molecule has 1 aromatic heterocycles. The first kappa shape index (κ1) is 15.2. The lowest BCUT2D eigenvalue weighted by Crippen LogP contribution is -2.31. The van der Waals surface area contributed by atoms with E-state index in [2.05, 4.69) is 22.4 Å². The summed E-state index contributed by atoms with van der Waals surface area (Å²) in [5.74, 6) is 1.97. The molecule has 23 heavy (non-hydrogen) atoms. The highest BCUT2D eigenvalue weighted by Gasteiger charge is 2.09. The Morgan fingerprint density at radius 2 is 1.70 bits per heavy atom. The molecule has 0 aliphatic heterocycles. The van der Waals surface area contributed by atoms with Crippen molar-refractivity contribution in [1.29, 1.82) is 0 Å². The number of nitrogens with zero attached hydrogens (tertiary/aromatic N) is 2. The molecule has 0 spiro atoms. The minimum atomic E-state index is 0.169. The summed E-state index contributed by atoms with van der Waals surface area (Å²) in [5.41, 5.74) is 0.923. The van der Waals surface area contributed by atoms with Gasteiger partial charge >= 0.3 is 0 Å². The van der Waals surface area contributed by atoms with Gasteiger partial charge in [0.15, 0.2) is 0 Å². The van der Waals surface area contributed by atoms with Crippen molar-refractivity contribution in [3.63, 3.8) is 0 Å². The average Bonchev–Trinajstić information content (AvgIpc) is 3.09. The average molecular weight is 309 g/mol. The number of rotatable bonds is 7. The van der Waals surface area contributed by atoms with Crippen LogP contribution in [0.5, 0.6) is 5.75 Å². The van der Waals surface area contributed by atoms with Crippen LogP contribution in [0.2, 0.25) is 0 Å². The van der Waals surface area contributed by atoms with Gasteiger partial charge < -0.3 is 14.5 Å². The van der Waals surface area contributed by atoms with Gasteiger partial charge in [-0.05, 0) is 31.2 Å². The van der Waals surface area contributed by atoms with E-state index < -0.39 is 0 Å². The molecule has 1 heterocycles. The molecule has 3 rings (SSSR count). The summed E-state index contributed by atoms with van der Waals surface area (Å²) < 4.78 is 11.4. The number of para-hydroxylation sites is 1. The maximum absolute atomic E-state index is 5.70. The number of ether oxygens (including phenoxy) is 1. The zero-order valence-corrected chi connectivity index (χ0v) is 13.0. The van der Waals surface area contributed by atoms with E-state index in [0.29, 0.717) is 24.9 Å². The number of hydrogen-bond acceptors (Lipinski definition) is 5. The van der Waals surface area contributed by atoms with Crippen LogP contribution in [0, 0.1) is 0 Å². The molecule has 0 amide bonds. The van der Waals surface area contributed by atoms with Crippen molar-refractivity contribution in [2.45, 2.75) is 19.5 Å². The highest BCUT2D eigenvalue weighted by atomic mass is 16.5. The second-order valence-electron chi connectivity index (χ2n) is 5.27. The number of hydrogen-bond donors (Lipinski definition) is 1. The predicted molar refractivity (Wildman–Crippen MR) is 88.0 cm³/mol. The molecule has 3 aromatic rings. The Morgan fingerprint density at radius 1 is 1.00 bits per heavy atom. The van der Waals surface area contributed by atoms with E-state index in [1.54, 1.807) is 0 Å². The second kappa shape index (κ2) is 7.56. The highest BCUT2D eigenvalue weighted by molar-refractivity contribution is 5.51. The standard InChI is InChI=1S/C18H19N3O2/c1-14(13-22-16-10-6-3-7-11-16)19-12-17-20-21-18(23-17)15-8-4-2-5-9-15/h2-11,14,19H,12-13H2,1H3/t14-/m0/s1. The molecule has 0 aliphatic rings. The topological polar surface area (TPSA) is 60.2 Å². The van der Waals surface area contributed by atoms with Crippen molar-refractivity contribution in [2.24, 2.45) is 0 Å². The van der Waals surface area contributed by atoms with Crippen molar-refractivity contribution < 1.29 is 9.15 Å². The van der Waals surface area contributed by atoms with Gasteiger partial charge in [0.25, 0.3) is 0 Å². The van der Waals surface area contributed by atoms with Crippen molar-refractivity contribution in [2.75, 3.05) is 6.61 Å². The van der Waals surface area contributed by atoms with Gasteiger partial charge in [0.2, 0.25) is 11.8 Å². The molecule has 1 atom stereocenters. The summed E-state index contributed by atoms with van der Waals surface area (Å²) in [5, 5.41) is 11.4. The SMILES string of the molecule is C[C@@H](COc1ccccc1)NCc1nnc(-c2ccccc2)o1. The summed E-state index contributed by atoms with van der Waals surface area (Å²) in [6, 6.07) is 19.7. The van der Waals surface area contributed by atoms with Crippen LogP contribution in [0.4, 0.5) is 0 Å². The quantitative estimate of drug-likeness (QED) is 0.725. The van der Waals surface area contributed by atoms with Crippen LogP contribution < -0.4 is 10.1 Å². The second-order valence-corrected chi connectivity index (χ2v) is 5.27. The molecule has 0 radical (unpaired) electrons.